The first-order valence-corrected chi connectivity index (χ1v) is 10.0. The Kier molecular flexibility index (Phi) is 5.95. The first-order chi connectivity index (χ1) is 14.3. The number of ether oxygens (including phenoxy) is 1. The summed E-state index contributed by atoms with van der Waals surface area (Å²) in [6.07, 6.45) is 6.99. The van der Waals surface area contributed by atoms with Gasteiger partial charge in [0.2, 0.25) is 0 Å². The number of hydrogen-bond donors (Lipinski definition) is 1. The smallest absolute Gasteiger partial charge is 0.275 e. The number of nitrogens with one attached hydrogen (secondary N) is 1. The largest absolute Gasteiger partial charge is 0.493 e. The third-order valence-corrected chi connectivity index (χ3v) is 5.30. The van der Waals surface area contributed by atoms with Crippen molar-refractivity contribution in [3.63, 3.8) is 0 Å². The van der Waals surface area contributed by atoms with Gasteiger partial charge in [-0.25, -0.2) is 4.68 Å². The number of nitrogens with zero attached hydrogens (tertiary/aromatic N) is 3. The van der Waals surface area contributed by atoms with Gasteiger partial charge in [0.1, 0.15) is 5.76 Å². The van der Waals surface area contributed by atoms with E-state index in [-0.39, 0.29) is 17.6 Å². The lowest BCUT2D eigenvalue weighted by Crippen LogP contribution is -2.40. The lowest BCUT2D eigenvalue weighted by molar-refractivity contribution is 0.0906. The van der Waals surface area contributed by atoms with E-state index < -0.39 is 0 Å². The molecular weight excluding hydrogens is 368 g/mol. The van der Waals surface area contributed by atoms with Crippen LogP contribution in [-0.2, 0) is 0 Å². The number of rotatable bonds is 7. The van der Waals surface area contributed by atoms with Crippen LogP contribution in [0.15, 0.2) is 59.3 Å². The number of aromatic nitrogens is 2. The predicted molar refractivity (Wildman–Crippen MR) is 109 cm³/mol. The lowest BCUT2D eigenvalue weighted by atomic mass is 10.1. The molecule has 1 N–H and O–H groups in total. The Balaban J connectivity index is 1.50. The molecule has 4 rings (SSSR count). The average molecular weight is 394 g/mol. The summed E-state index contributed by atoms with van der Waals surface area (Å²) in [7, 11) is 1.54. The van der Waals surface area contributed by atoms with Crippen molar-refractivity contribution in [2.24, 2.45) is 0 Å². The van der Waals surface area contributed by atoms with Crippen molar-refractivity contribution in [1.29, 1.82) is 0 Å². The van der Waals surface area contributed by atoms with Crippen LogP contribution in [0.4, 0.5) is 0 Å². The van der Waals surface area contributed by atoms with Crippen molar-refractivity contribution in [3.05, 3.63) is 66.4 Å². The molecule has 3 aromatic rings. The monoisotopic (exact) mass is 394 g/mol. The van der Waals surface area contributed by atoms with E-state index in [1.807, 2.05) is 42.5 Å². The standard InChI is InChI=1S/C22H26N4O3/c1-28-20-16-26(17-9-4-2-5-10-17)24-21(20)22(27)23-15-18(19-11-8-14-29-19)25-12-6-3-7-13-25/h2,4-5,8-11,14,16,18H,3,6-7,12-13,15H2,1H3,(H,23,27). The molecular formula is C22H26N4O3. The summed E-state index contributed by atoms with van der Waals surface area (Å²) in [6, 6.07) is 13.5. The maximum absolute atomic E-state index is 12.9. The molecule has 0 spiro atoms. The molecule has 29 heavy (non-hydrogen) atoms. The molecule has 152 valence electrons. The molecule has 7 heteroatoms. The summed E-state index contributed by atoms with van der Waals surface area (Å²) in [6.45, 7) is 2.47. The molecule has 0 aliphatic carbocycles. The summed E-state index contributed by atoms with van der Waals surface area (Å²) < 4.78 is 12.7. The highest BCUT2D eigenvalue weighted by atomic mass is 16.5. The molecule has 2 aromatic heterocycles. The van der Waals surface area contributed by atoms with Gasteiger partial charge < -0.3 is 14.5 Å². The van der Waals surface area contributed by atoms with Gasteiger partial charge in [0.25, 0.3) is 5.91 Å². The molecule has 1 fully saturated rings. The Bertz CT molecular complexity index is 915. The zero-order valence-corrected chi connectivity index (χ0v) is 16.6. The molecule has 1 aromatic carbocycles. The number of benzene rings is 1. The van der Waals surface area contributed by atoms with E-state index in [0.717, 1.165) is 24.5 Å². The summed E-state index contributed by atoms with van der Waals surface area (Å²) >= 11 is 0. The average Bonchev–Trinajstić information content (AvgIpc) is 3.45. The highest BCUT2D eigenvalue weighted by molar-refractivity contribution is 5.95. The van der Waals surface area contributed by atoms with Crippen molar-refractivity contribution in [2.75, 3.05) is 26.7 Å². The third-order valence-electron chi connectivity index (χ3n) is 5.30. The van der Waals surface area contributed by atoms with Gasteiger partial charge in [0.15, 0.2) is 11.4 Å². The molecule has 1 atom stereocenters. The van der Waals surface area contributed by atoms with Crippen LogP contribution in [0, 0.1) is 0 Å². The summed E-state index contributed by atoms with van der Waals surface area (Å²) in [4.78, 5) is 15.3. The van der Waals surface area contributed by atoms with E-state index in [2.05, 4.69) is 15.3 Å². The Morgan fingerprint density at radius 2 is 1.97 bits per heavy atom. The molecule has 7 nitrogen and oxygen atoms in total. The number of piperidine rings is 1. The van der Waals surface area contributed by atoms with E-state index in [0.29, 0.717) is 12.3 Å². The van der Waals surface area contributed by atoms with Gasteiger partial charge in [-0.15, -0.1) is 0 Å². The molecule has 1 amide bonds. The second-order valence-electron chi connectivity index (χ2n) is 7.16. The SMILES string of the molecule is COc1cn(-c2ccccc2)nc1C(=O)NCC(c1ccco1)N1CCCCC1. The van der Waals surface area contributed by atoms with Crippen molar-refractivity contribution in [2.45, 2.75) is 25.3 Å². The Hall–Kier alpha value is -3.06. The topological polar surface area (TPSA) is 72.5 Å². The number of likely N-dealkylation sites (tertiary alicyclic amines) is 1. The number of para-hydroxylation sites is 1. The minimum atomic E-state index is -0.259. The molecule has 1 saturated heterocycles. The van der Waals surface area contributed by atoms with Crippen LogP contribution in [0.1, 0.15) is 41.6 Å². The first kappa shape index (κ1) is 19.3. The Morgan fingerprint density at radius 1 is 1.17 bits per heavy atom. The van der Waals surface area contributed by atoms with Gasteiger partial charge in [0, 0.05) is 6.54 Å². The zero-order valence-electron chi connectivity index (χ0n) is 16.6. The summed E-state index contributed by atoms with van der Waals surface area (Å²) in [5.74, 6) is 1.05. The number of hydrogen-bond acceptors (Lipinski definition) is 5. The highest BCUT2D eigenvalue weighted by Gasteiger charge is 2.26. The van der Waals surface area contributed by atoms with Crippen LogP contribution in [0.25, 0.3) is 5.69 Å². The number of carbonyl (C=O) groups excluding carboxylic acids is 1. The van der Waals surface area contributed by atoms with Crippen LogP contribution in [0.3, 0.4) is 0 Å². The van der Waals surface area contributed by atoms with Crippen LogP contribution in [-0.4, -0.2) is 47.3 Å². The van der Waals surface area contributed by atoms with Gasteiger partial charge >= 0.3 is 0 Å². The fraction of sp³-hybridized carbons (Fsp3) is 0.364. The fourth-order valence-electron chi connectivity index (χ4n) is 3.77. The van der Waals surface area contributed by atoms with Crippen LogP contribution in [0.5, 0.6) is 5.75 Å². The molecule has 1 unspecified atom stereocenters. The maximum Gasteiger partial charge on any atom is 0.275 e. The minimum Gasteiger partial charge on any atom is -0.493 e. The quantitative estimate of drug-likeness (QED) is 0.665. The van der Waals surface area contributed by atoms with Gasteiger partial charge in [-0.3, -0.25) is 9.69 Å². The third kappa shape index (κ3) is 4.35. The Morgan fingerprint density at radius 3 is 2.66 bits per heavy atom. The maximum atomic E-state index is 12.9. The van der Waals surface area contributed by atoms with Crippen molar-refractivity contribution >= 4 is 5.91 Å². The number of methoxy groups -OCH3 is 1. The first-order valence-electron chi connectivity index (χ1n) is 10.0. The van der Waals surface area contributed by atoms with Crippen molar-refractivity contribution in [3.8, 4) is 11.4 Å². The summed E-state index contributed by atoms with van der Waals surface area (Å²) in [5.41, 5.74) is 1.14. The lowest BCUT2D eigenvalue weighted by Gasteiger charge is -2.33. The molecule has 0 bridgehead atoms. The van der Waals surface area contributed by atoms with Gasteiger partial charge in [-0.2, -0.15) is 5.10 Å². The van der Waals surface area contributed by atoms with E-state index >= 15 is 0 Å². The minimum absolute atomic E-state index is 0.0106. The van der Waals surface area contributed by atoms with E-state index in [9.17, 15) is 4.79 Å². The van der Waals surface area contributed by atoms with Crippen LogP contribution >= 0.6 is 0 Å². The summed E-state index contributed by atoms with van der Waals surface area (Å²) in [5, 5.41) is 7.47. The highest BCUT2D eigenvalue weighted by Crippen LogP contribution is 2.25. The molecule has 1 aliphatic rings. The number of furan rings is 1. The van der Waals surface area contributed by atoms with Gasteiger partial charge in [-0.05, 0) is 50.2 Å². The van der Waals surface area contributed by atoms with Crippen molar-refractivity contribution in [1.82, 2.24) is 20.0 Å². The van der Waals surface area contributed by atoms with Crippen molar-refractivity contribution < 1.29 is 13.9 Å². The fourth-order valence-corrected chi connectivity index (χ4v) is 3.77. The second kappa shape index (κ2) is 8.96. The van der Waals surface area contributed by atoms with Gasteiger partial charge in [-0.1, -0.05) is 24.6 Å². The van der Waals surface area contributed by atoms with Crippen LogP contribution in [0.2, 0.25) is 0 Å². The second-order valence-corrected chi connectivity index (χ2v) is 7.16. The van der Waals surface area contributed by atoms with E-state index in [4.69, 9.17) is 9.15 Å². The Labute approximate surface area is 170 Å². The molecule has 0 saturated carbocycles. The van der Waals surface area contributed by atoms with E-state index in [1.54, 1.807) is 24.3 Å². The normalized spacial score (nSPS) is 15.8. The van der Waals surface area contributed by atoms with Gasteiger partial charge in [0.05, 0.1) is 31.3 Å². The molecule has 3 heterocycles. The predicted octanol–water partition coefficient (Wildman–Crippen LogP) is 3.43. The number of carbonyl (C=O) groups is 1. The molecule has 0 radical (unpaired) electrons. The van der Waals surface area contributed by atoms with Crippen LogP contribution < -0.4 is 10.1 Å². The molecule has 1 aliphatic heterocycles. The zero-order chi connectivity index (χ0) is 20.1. The number of amides is 1. The van der Waals surface area contributed by atoms with E-state index in [1.165, 1.54) is 19.3 Å².